The molecule has 102 valence electrons. The zero-order valence-corrected chi connectivity index (χ0v) is 10.3. The number of aliphatic carboxylic acids is 1. The van der Waals surface area contributed by atoms with Crippen LogP contribution in [0.4, 0.5) is 0 Å². The van der Waals surface area contributed by atoms with Gasteiger partial charge in [0.05, 0.1) is 0 Å². The lowest BCUT2D eigenvalue weighted by molar-refractivity contribution is -0.142. The number of carboxylic acids is 1. The fourth-order valence-electron chi connectivity index (χ4n) is 1.77. The number of ether oxygens (including phenoxy) is 1. The second-order valence-electron chi connectivity index (χ2n) is 4.19. The molecule has 2 atom stereocenters. The first-order chi connectivity index (χ1) is 8.54. The molecule has 0 aromatic rings. The highest BCUT2D eigenvalue weighted by Gasteiger charge is 2.30. The maximum atomic E-state index is 11.7. The highest BCUT2D eigenvalue weighted by molar-refractivity contribution is 5.92. The van der Waals surface area contributed by atoms with Crippen LogP contribution in [-0.4, -0.2) is 48.7 Å². The predicted molar refractivity (Wildman–Crippen MR) is 61.8 cm³/mol. The van der Waals surface area contributed by atoms with Crippen molar-refractivity contribution in [3.63, 3.8) is 0 Å². The highest BCUT2D eigenvalue weighted by atomic mass is 16.5. The van der Waals surface area contributed by atoms with Crippen molar-refractivity contribution >= 4 is 17.8 Å². The molecule has 0 radical (unpaired) electrons. The Balaban J connectivity index is 2.42. The summed E-state index contributed by atoms with van der Waals surface area (Å²) in [6.45, 7) is 0.444. The number of carboxylic acid groups (broad SMARTS) is 1. The summed E-state index contributed by atoms with van der Waals surface area (Å²) in [7, 11) is 1.53. The summed E-state index contributed by atoms with van der Waals surface area (Å²) in [6, 6.07) is -1.55. The van der Waals surface area contributed by atoms with Crippen molar-refractivity contribution in [2.24, 2.45) is 0 Å². The molecule has 0 saturated carbocycles. The normalized spacial score (nSPS) is 20.3. The van der Waals surface area contributed by atoms with E-state index in [4.69, 9.17) is 9.84 Å². The summed E-state index contributed by atoms with van der Waals surface area (Å²) in [5.74, 6) is -1.70. The van der Waals surface area contributed by atoms with E-state index in [2.05, 4.69) is 10.6 Å². The van der Waals surface area contributed by atoms with Gasteiger partial charge in [0.25, 0.3) is 0 Å². The van der Waals surface area contributed by atoms with Gasteiger partial charge in [-0.15, -0.1) is 0 Å². The molecular formula is C11H18N2O5. The molecule has 1 rings (SSSR count). The quantitative estimate of drug-likeness (QED) is 0.522. The molecule has 1 unspecified atom stereocenters. The number of amides is 2. The van der Waals surface area contributed by atoms with Crippen molar-refractivity contribution in [3.8, 4) is 0 Å². The zero-order valence-electron chi connectivity index (χ0n) is 10.3. The van der Waals surface area contributed by atoms with Gasteiger partial charge in [-0.2, -0.15) is 0 Å². The van der Waals surface area contributed by atoms with E-state index >= 15 is 0 Å². The summed E-state index contributed by atoms with van der Waals surface area (Å²) in [6.07, 6.45) is 1.56. The lowest BCUT2D eigenvalue weighted by Gasteiger charge is -2.17. The van der Waals surface area contributed by atoms with Crippen molar-refractivity contribution in [2.45, 2.75) is 37.8 Å². The Labute approximate surface area is 105 Å². The molecule has 0 aromatic heterocycles. The number of nitrogens with one attached hydrogen (secondary N) is 2. The number of methoxy groups -OCH3 is 1. The smallest absolute Gasteiger partial charge is 0.326 e. The third-order valence-corrected chi connectivity index (χ3v) is 2.77. The van der Waals surface area contributed by atoms with Crippen molar-refractivity contribution in [1.82, 2.24) is 10.6 Å². The fraction of sp³-hybridized carbons (Fsp3) is 0.727. The van der Waals surface area contributed by atoms with Crippen LogP contribution in [0.15, 0.2) is 0 Å². The molecule has 0 bridgehead atoms. The molecule has 1 heterocycles. The van der Waals surface area contributed by atoms with Gasteiger partial charge in [-0.25, -0.2) is 4.79 Å². The van der Waals surface area contributed by atoms with Crippen LogP contribution in [0.25, 0.3) is 0 Å². The summed E-state index contributed by atoms with van der Waals surface area (Å²) in [5, 5.41) is 13.9. The monoisotopic (exact) mass is 258 g/mol. The number of carbonyl (C=O) groups excluding carboxylic acids is 2. The van der Waals surface area contributed by atoms with Gasteiger partial charge in [0.15, 0.2) is 0 Å². The topological polar surface area (TPSA) is 105 Å². The van der Waals surface area contributed by atoms with E-state index in [-0.39, 0.29) is 5.91 Å². The van der Waals surface area contributed by atoms with Crippen molar-refractivity contribution < 1.29 is 24.2 Å². The molecule has 0 aliphatic carbocycles. The Kier molecular flexibility index (Phi) is 5.57. The molecule has 3 N–H and O–H groups in total. The number of carbonyl (C=O) groups is 3. The van der Waals surface area contributed by atoms with Gasteiger partial charge in [-0.1, -0.05) is 0 Å². The predicted octanol–water partition coefficient (Wildman–Crippen LogP) is -0.739. The number of hydrogen-bond donors (Lipinski definition) is 3. The lowest BCUT2D eigenvalue weighted by Crippen LogP contribution is -2.48. The minimum atomic E-state index is -1.08. The SMILES string of the molecule is COCCCC(NC(=O)[C@H]1CCC(=O)N1)C(=O)O. The lowest BCUT2D eigenvalue weighted by atomic mass is 10.1. The Bertz CT molecular complexity index is 331. The maximum absolute atomic E-state index is 11.7. The van der Waals surface area contributed by atoms with Crippen LogP contribution in [0.5, 0.6) is 0 Å². The summed E-state index contributed by atoms with van der Waals surface area (Å²) < 4.78 is 4.83. The van der Waals surface area contributed by atoms with Crippen molar-refractivity contribution in [2.75, 3.05) is 13.7 Å². The molecule has 7 heteroatoms. The third-order valence-electron chi connectivity index (χ3n) is 2.77. The molecule has 7 nitrogen and oxygen atoms in total. The Morgan fingerprint density at radius 2 is 2.33 bits per heavy atom. The first kappa shape index (κ1) is 14.4. The Hall–Kier alpha value is -1.63. The van der Waals surface area contributed by atoms with Gasteiger partial charge in [0.1, 0.15) is 12.1 Å². The van der Waals surface area contributed by atoms with Crippen molar-refractivity contribution in [1.29, 1.82) is 0 Å². The van der Waals surface area contributed by atoms with Gasteiger partial charge in [-0.05, 0) is 19.3 Å². The largest absolute Gasteiger partial charge is 0.480 e. The van der Waals surface area contributed by atoms with E-state index in [1.165, 1.54) is 7.11 Å². The van der Waals surface area contributed by atoms with Crippen LogP contribution in [0.2, 0.25) is 0 Å². The van der Waals surface area contributed by atoms with Crippen molar-refractivity contribution in [3.05, 3.63) is 0 Å². The minimum Gasteiger partial charge on any atom is -0.480 e. The first-order valence-electron chi connectivity index (χ1n) is 5.86. The average molecular weight is 258 g/mol. The van der Waals surface area contributed by atoms with E-state index in [1.807, 2.05) is 0 Å². The molecule has 2 amide bonds. The molecular weight excluding hydrogens is 240 g/mol. The van der Waals surface area contributed by atoms with Gasteiger partial charge < -0.3 is 20.5 Å². The summed E-state index contributed by atoms with van der Waals surface area (Å²) >= 11 is 0. The van der Waals surface area contributed by atoms with E-state index in [9.17, 15) is 14.4 Å². The second kappa shape index (κ2) is 6.95. The molecule has 1 aliphatic rings. The summed E-state index contributed by atoms with van der Waals surface area (Å²) in [5.41, 5.74) is 0. The Morgan fingerprint density at radius 3 is 2.83 bits per heavy atom. The van der Waals surface area contributed by atoms with Crippen LogP contribution in [-0.2, 0) is 19.1 Å². The first-order valence-corrected chi connectivity index (χ1v) is 5.86. The van der Waals surface area contributed by atoms with E-state index in [1.54, 1.807) is 0 Å². The molecule has 1 aliphatic heterocycles. The van der Waals surface area contributed by atoms with Gasteiger partial charge in [-0.3, -0.25) is 9.59 Å². The van der Waals surface area contributed by atoms with Crippen LogP contribution < -0.4 is 10.6 Å². The van der Waals surface area contributed by atoms with Gasteiger partial charge >= 0.3 is 5.97 Å². The average Bonchev–Trinajstić information content (AvgIpc) is 2.74. The van der Waals surface area contributed by atoms with E-state index < -0.39 is 24.0 Å². The second-order valence-corrected chi connectivity index (χ2v) is 4.19. The molecule has 1 saturated heterocycles. The number of hydrogen-bond acceptors (Lipinski definition) is 4. The van der Waals surface area contributed by atoms with Crippen LogP contribution in [0.1, 0.15) is 25.7 Å². The van der Waals surface area contributed by atoms with Crippen LogP contribution >= 0.6 is 0 Å². The minimum absolute atomic E-state index is 0.179. The van der Waals surface area contributed by atoms with E-state index in [0.29, 0.717) is 32.3 Å². The number of rotatable bonds is 7. The Morgan fingerprint density at radius 1 is 1.61 bits per heavy atom. The zero-order chi connectivity index (χ0) is 13.5. The molecule has 1 fully saturated rings. The molecule has 18 heavy (non-hydrogen) atoms. The molecule has 0 spiro atoms. The van der Waals surface area contributed by atoms with E-state index in [0.717, 1.165) is 0 Å². The highest BCUT2D eigenvalue weighted by Crippen LogP contribution is 2.07. The maximum Gasteiger partial charge on any atom is 0.326 e. The van der Waals surface area contributed by atoms with Crippen LogP contribution in [0.3, 0.4) is 0 Å². The fourth-order valence-corrected chi connectivity index (χ4v) is 1.77. The van der Waals surface area contributed by atoms with Gasteiger partial charge in [0, 0.05) is 20.1 Å². The van der Waals surface area contributed by atoms with Gasteiger partial charge in [0.2, 0.25) is 11.8 Å². The van der Waals surface area contributed by atoms with Crippen LogP contribution in [0, 0.1) is 0 Å². The third kappa shape index (κ3) is 4.33. The summed E-state index contributed by atoms with van der Waals surface area (Å²) in [4.78, 5) is 33.6. The molecule has 0 aromatic carbocycles. The standard InChI is InChI=1S/C11H18N2O5/c1-18-6-2-3-8(11(16)17)13-10(15)7-4-5-9(14)12-7/h7-8H,2-6H2,1H3,(H,12,14)(H,13,15)(H,16,17)/t7-,8?/m1/s1.